The van der Waals surface area contributed by atoms with Crippen LogP contribution in [0.1, 0.15) is 64.2 Å². The van der Waals surface area contributed by atoms with Gasteiger partial charge in [-0.3, -0.25) is 9.48 Å². The van der Waals surface area contributed by atoms with E-state index in [0.29, 0.717) is 29.4 Å². The molecule has 0 aliphatic heterocycles. The smallest absolute Gasteiger partial charge is 0.337 e. The van der Waals surface area contributed by atoms with Crippen LogP contribution in [0.15, 0.2) is 6.33 Å². The van der Waals surface area contributed by atoms with Crippen LogP contribution in [0.25, 0.3) is 0 Å². The number of aromatic nitrogens is 4. The zero-order valence-electron chi connectivity index (χ0n) is 14.5. The van der Waals surface area contributed by atoms with Crippen LogP contribution in [-0.4, -0.2) is 36.7 Å². The van der Waals surface area contributed by atoms with E-state index < -0.39 is 5.97 Å². The Labute approximate surface area is 140 Å². The predicted molar refractivity (Wildman–Crippen MR) is 87.9 cm³/mol. The van der Waals surface area contributed by atoms with Crippen molar-refractivity contribution in [3.63, 3.8) is 0 Å². The van der Waals surface area contributed by atoms with Crippen LogP contribution < -0.4 is 5.32 Å². The Morgan fingerprint density at radius 2 is 2.04 bits per heavy atom. The number of aromatic carboxylic acids is 1. The molecule has 1 atom stereocenters. The van der Waals surface area contributed by atoms with Gasteiger partial charge in [-0.05, 0) is 31.7 Å². The molecule has 1 amide bonds. The quantitative estimate of drug-likeness (QED) is 0.748. The topological polar surface area (TPSA) is 113 Å². The molecule has 0 saturated heterocycles. The van der Waals surface area contributed by atoms with Crippen molar-refractivity contribution in [3.05, 3.63) is 34.7 Å². The second kappa shape index (κ2) is 6.86. The van der Waals surface area contributed by atoms with Gasteiger partial charge in [0.25, 0.3) is 5.91 Å². The van der Waals surface area contributed by atoms with Crippen LogP contribution in [0.5, 0.6) is 0 Å². The van der Waals surface area contributed by atoms with Gasteiger partial charge in [-0.2, -0.15) is 5.10 Å². The number of carbonyl (C=O) groups excluding carboxylic acids is 1. The van der Waals surface area contributed by atoms with Crippen LogP contribution in [0.2, 0.25) is 0 Å². The molecular formula is C16H23N5O3. The normalized spacial score (nSPS) is 12.4. The maximum absolute atomic E-state index is 12.7. The van der Waals surface area contributed by atoms with Gasteiger partial charge in [0.2, 0.25) is 0 Å². The number of rotatable bonds is 6. The van der Waals surface area contributed by atoms with Crippen molar-refractivity contribution >= 4 is 11.9 Å². The van der Waals surface area contributed by atoms with E-state index >= 15 is 0 Å². The van der Waals surface area contributed by atoms with Crippen LogP contribution in [-0.2, 0) is 7.05 Å². The Hall–Kier alpha value is -2.64. The van der Waals surface area contributed by atoms with Gasteiger partial charge in [0.15, 0.2) is 0 Å². The summed E-state index contributed by atoms with van der Waals surface area (Å²) < 4.78 is 1.63. The Kier molecular flexibility index (Phi) is 5.06. The number of amides is 1. The first kappa shape index (κ1) is 17.7. The number of H-pyrrole nitrogens is 1. The van der Waals surface area contributed by atoms with Crippen molar-refractivity contribution in [2.45, 2.75) is 40.2 Å². The van der Waals surface area contributed by atoms with Gasteiger partial charge in [-0.1, -0.05) is 13.8 Å². The maximum Gasteiger partial charge on any atom is 0.337 e. The summed E-state index contributed by atoms with van der Waals surface area (Å²) in [6.07, 6.45) is 2.14. The van der Waals surface area contributed by atoms with Crippen molar-refractivity contribution in [2.24, 2.45) is 13.0 Å². The summed E-state index contributed by atoms with van der Waals surface area (Å²) in [4.78, 5) is 31.1. The van der Waals surface area contributed by atoms with Crippen molar-refractivity contribution in [1.82, 2.24) is 25.1 Å². The second-order valence-electron chi connectivity index (χ2n) is 6.33. The van der Waals surface area contributed by atoms with Crippen LogP contribution in [0.3, 0.4) is 0 Å². The second-order valence-corrected chi connectivity index (χ2v) is 6.33. The minimum absolute atomic E-state index is 0.138. The molecule has 130 valence electrons. The van der Waals surface area contributed by atoms with Gasteiger partial charge in [-0.25, -0.2) is 9.78 Å². The molecule has 2 rings (SSSR count). The zero-order valence-corrected chi connectivity index (χ0v) is 14.5. The predicted octanol–water partition coefficient (Wildman–Crippen LogP) is 1.98. The first-order chi connectivity index (χ1) is 11.2. The molecule has 0 spiro atoms. The molecule has 0 aliphatic carbocycles. The molecule has 0 fully saturated rings. The molecule has 2 heterocycles. The molecule has 0 aromatic carbocycles. The van der Waals surface area contributed by atoms with E-state index in [1.54, 1.807) is 25.6 Å². The summed E-state index contributed by atoms with van der Waals surface area (Å²) in [5.74, 6) is -0.395. The van der Waals surface area contributed by atoms with Crippen molar-refractivity contribution in [1.29, 1.82) is 0 Å². The number of nitrogens with one attached hydrogen (secondary N) is 2. The third-order valence-corrected chi connectivity index (χ3v) is 3.95. The number of aryl methyl sites for hydroxylation is 2. The number of carboxylic acid groups (broad SMARTS) is 1. The fourth-order valence-electron chi connectivity index (χ4n) is 2.85. The molecule has 0 aliphatic rings. The van der Waals surface area contributed by atoms with Crippen LogP contribution in [0, 0.1) is 19.8 Å². The minimum atomic E-state index is -1.05. The Bertz CT molecular complexity index is 760. The molecule has 3 N–H and O–H groups in total. The van der Waals surface area contributed by atoms with Crippen molar-refractivity contribution in [2.75, 3.05) is 0 Å². The average Bonchev–Trinajstić information content (AvgIpc) is 3.01. The maximum atomic E-state index is 12.7. The van der Waals surface area contributed by atoms with Gasteiger partial charge in [-0.15, -0.1) is 0 Å². The fourth-order valence-corrected chi connectivity index (χ4v) is 2.85. The molecular weight excluding hydrogens is 310 g/mol. The van der Waals surface area contributed by atoms with Crippen LogP contribution in [0.4, 0.5) is 0 Å². The summed E-state index contributed by atoms with van der Waals surface area (Å²) in [5, 5.41) is 16.3. The largest absolute Gasteiger partial charge is 0.478 e. The number of carbonyl (C=O) groups is 2. The lowest BCUT2D eigenvalue weighted by Crippen LogP contribution is -2.32. The summed E-state index contributed by atoms with van der Waals surface area (Å²) in [7, 11) is 1.77. The number of hydrogen-bond donors (Lipinski definition) is 3. The number of hydrogen-bond acceptors (Lipinski definition) is 4. The van der Waals surface area contributed by atoms with Crippen LogP contribution >= 0.6 is 0 Å². The van der Waals surface area contributed by atoms with E-state index in [4.69, 9.17) is 0 Å². The third kappa shape index (κ3) is 3.47. The molecule has 0 unspecified atom stereocenters. The highest BCUT2D eigenvalue weighted by Crippen LogP contribution is 2.22. The number of nitrogens with zero attached hydrogens (tertiary/aromatic N) is 3. The lowest BCUT2D eigenvalue weighted by atomic mass is 10.0. The first-order valence-electron chi connectivity index (χ1n) is 7.79. The monoisotopic (exact) mass is 333 g/mol. The molecule has 2 aromatic heterocycles. The Morgan fingerprint density at radius 3 is 2.50 bits per heavy atom. The highest BCUT2D eigenvalue weighted by Gasteiger charge is 2.25. The summed E-state index contributed by atoms with van der Waals surface area (Å²) in [6, 6.07) is -0.304. The average molecular weight is 333 g/mol. The highest BCUT2D eigenvalue weighted by atomic mass is 16.4. The number of aromatic amines is 1. The van der Waals surface area contributed by atoms with E-state index in [-0.39, 0.29) is 23.2 Å². The van der Waals surface area contributed by atoms with E-state index in [0.717, 1.165) is 0 Å². The lowest BCUT2D eigenvalue weighted by Gasteiger charge is -2.19. The highest BCUT2D eigenvalue weighted by molar-refractivity contribution is 6.00. The molecule has 24 heavy (non-hydrogen) atoms. The molecule has 0 radical (unpaired) electrons. The molecule has 0 bridgehead atoms. The van der Waals surface area contributed by atoms with Gasteiger partial charge < -0.3 is 15.4 Å². The fraction of sp³-hybridized carbons (Fsp3) is 0.500. The Morgan fingerprint density at radius 1 is 1.38 bits per heavy atom. The summed E-state index contributed by atoms with van der Waals surface area (Å²) in [5.41, 5.74) is 1.29. The van der Waals surface area contributed by atoms with Crippen molar-refractivity contribution < 1.29 is 14.7 Å². The van der Waals surface area contributed by atoms with Crippen molar-refractivity contribution in [3.8, 4) is 0 Å². The van der Waals surface area contributed by atoms with E-state index in [9.17, 15) is 14.7 Å². The van der Waals surface area contributed by atoms with Gasteiger partial charge in [0.1, 0.15) is 17.8 Å². The standard InChI is InChI=1S/C16H23N5O3/c1-8(2)6-11(14-17-7-18-21(14)5)20-15(22)13-9(3)12(16(23)24)10(4)19-13/h7-8,11,19H,6H2,1-5H3,(H,20,22)(H,23,24)/t11-/m0/s1. The third-order valence-electron chi connectivity index (χ3n) is 3.95. The number of carboxylic acids is 1. The zero-order chi connectivity index (χ0) is 18.0. The molecule has 8 nitrogen and oxygen atoms in total. The van der Waals surface area contributed by atoms with E-state index in [1.807, 2.05) is 0 Å². The van der Waals surface area contributed by atoms with Gasteiger partial charge in [0, 0.05) is 12.7 Å². The first-order valence-corrected chi connectivity index (χ1v) is 7.79. The summed E-state index contributed by atoms with van der Waals surface area (Å²) in [6.45, 7) is 7.38. The van der Waals surface area contributed by atoms with E-state index in [1.165, 1.54) is 6.33 Å². The van der Waals surface area contributed by atoms with Gasteiger partial charge >= 0.3 is 5.97 Å². The SMILES string of the molecule is Cc1[nH]c(C(=O)N[C@@H](CC(C)C)c2ncnn2C)c(C)c1C(=O)O. The molecule has 2 aromatic rings. The summed E-state index contributed by atoms with van der Waals surface area (Å²) >= 11 is 0. The molecule has 0 saturated carbocycles. The minimum Gasteiger partial charge on any atom is -0.478 e. The van der Waals surface area contributed by atoms with E-state index in [2.05, 4.69) is 34.2 Å². The van der Waals surface area contributed by atoms with Gasteiger partial charge in [0.05, 0.1) is 11.6 Å². The Balaban J connectivity index is 2.30. The molecule has 8 heteroatoms. The lowest BCUT2D eigenvalue weighted by molar-refractivity contribution is 0.0695.